The Hall–Kier alpha value is -0.940. The van der Waals surface area contributed by atoms with Crippen molar-refractivity contribution in [1.29, 1.82) is 0 Å². The predicted octanol–water partition coefficient (Wildman–Crippen LogP) is 2.59. The fourth-order valence-corrected chi connectivity index (χ4v) is 1.76. The summed E-state index contributed by atoms with van der Waals surface area (Å²) in [6, 6.07) is 4.63. The highest BCUT2D eigenvalue weighted by Gasteiger charge is 2.13. The molecule has 0 aromatic heterocycles. The first-order valence-electron chi connectivity index (χ1n) is 5.88. The van der Waals surface area contributed by atoms with Crippen LogP contribution in [0.25, 0.3) is 0 Å². The zero-order chi connectivity index (χ0) is 13.7. The van der Waals surface area contributed by atoms with E-state index in [-0.39, 0.29) is 23.8 Å². The van der Waals surface area contributed by atoms with Gasteiger partial charge in [0.05, 0.1) is 6.04 Å². The van der Waals surface area contributed by atoms with Gasteiger partial charge in [0.25, 0.3) is 0 Å². The molecule has 0 fully saturated rings. The van der Waals surface area contributed by atoms with E-state index in [1.807, 2.05) is 13.8 Å². The number of halogens is 2. The summed E-state index contributed by atoms with van der Waals surface area (Å²) in [5.74, 6) is -0.365. The van der Waals surface area contributed by atoms with Crippen molar-refractivity contribution in [3.05, 3.63) is 34.1 Å². The van der Waals surface area contributed by atoms with E-state index >= 15 is 0 Å². The summed E-state index contributed by atoms with van der Waals surface area (Å²) < 4.78 is 14.2. The van der Waals surface area contributed by atoms with E-state index in [4.69, 9.17) is 0 Å². The smallest absolute Gasteiger partial charge is 0.237 e. The third kappa shape index (κ3) is 4.74. The average molecular weight is 317 g/mol. The van der Waals surface area contributed by atoms with Gasteiger partial charge in [-0.3, -0.25) is 4.79 Å². The molecule has 100 valence electrons. The Kier molecular flexibility index (Phi) is 5.75. The van der Waals surface area contributed by atoms with Crippen LogP contribution in [0.4, 0.5) is 4.39 Å². The molecule has 1 rings (SSSR count). The number of carbonyl (C=O) groups excluding carboxylic acids is 1. The van der Waals surface area contributed by atoms with Gasteiger partial charge >= 0.3 is 0 Å². The second-order valence-corrected chi connectivity index (χ2v) is 5.42. The molecule has 5 heteroatoms. The van der Waals surface area contributed by atoms with Crippen molar-refractivity contribution in [2.45, 2.75) is 39.4 Å². The number of hydrogen-bond acceptors (Lipinski definition) is 2. The summed E-state index contributed by atoms with van der Waals surface area (Å²) in [4.78, 5) is 11.6. The van der Waals surface area contributed by atoms with E-state index in [1.54, 1.807) is 19.1 Å². The molecule has 3 nitrogen and oxygen atoms in total. The average Bonchev–Trinajstić information content (AvgIpc) is 2.26. The molecule has 1 unspecified atom stereocenters. The molecule has 0 aliphatic carbocycles. The zero-order valence-corrected chi connectivity index (χ0v) is 12.3. The molecule has 0 aliphatic heterocycles. The standard InChI is InChI=1S/C13H18BrFN2O/c1-8(2)17-13(18)9(3)16-7-10-4-5-11(14)6-12(10)15/h4-6,8-9,16H,7H2,1-3H3,(H,17,18). The van der Waals surface area contributed by atoms with Crippen molar-refractivity contribution >= 4 is 21.8 Å². The van der Waals surface area contributed by atoms with E-state index in [1.165, 1.54) is 6.07 Å². The van der Waals surface area contributed by atoms with Crippen molar-refractivity contribution in [3.63, 3.8) is 0 Å². The maximum Gasteiger partial charge on any atom is 0.237 e. The van der Waals surface area contributed by atoms with Crippen molar-refractivity contribution < 1.29 is 9.18 Å². The topological polar surface area (TPSA) is 41.1 Å². The highest BCUT2D eigenvalue weighted by Crippen LogP contribution is 2.15. The summed E-state index contributed by atoms with van der Waals surface area (Å²) in [6.07, 6.45) is 0. The number of amides is 1. The molecule has 0 bridgehead atoms. The minimum Gasteiger partial charge on any atom is -0.353 e. The molecule has 18 heavy (non-hydrogen) atoms. The zero-order valence-electron chi connectivity index (χ0n) is 10.8. The maximum absolute atomic E-state index is 13.5. The molecule has 1 amide bonds. The number of rotatable bonds is 5. The van der Waals surface area contributed by atoms with Gasteiger partial charge in [-0.25, -0.2) is 4.39 Å². The van der Waals surface area contributed by atoms with Gasteiger partial charge < -0.3 is 10.6 Å². The quantitative estimate of drug-likeness (QED) is 0.876. The van der Waals surface area contributed by atoms with E-state index in [2.05, 4.69) is 26.6 Å². The maximum atomic E-state index is 13.5. The van der Waals surface area contributed by atoms with Crippen LogP contribution in [-0.4, -0.2) is 18.0 Å². The van der Waals surface area contributed by atoms with Gasteiger partial charge in [0.15, 0.2) is 0 Å². The molecule has 0 radical (unpaired) electrons. The lowest BCUT2D eigenvalue weighted by atomic mass is 10.2. The van der Waals surface area contributed by atoms with Crippen LogP contribution in [0.5, 0.6) is 0 Å². The summed E-state index contributed by atoms with van der Waals surface area (Å²) in [7, 11) is 0. The second-order valence-electron chi connectivity index (χ2n) is 4.50. The van der Waals surface area contributed by atoms with Crippen molar-refractivity contribution in [3.8, 4) is 0 Å². The van der Waals surface area contributed by atoms with Crippen LogP contribution in [0.15, 0.2) is 22.7 Å². The van der Waals surface area contributed by atoms with E-state index in [0.717, 1.165) is 0 Å². The lowest BCUT2D eigenvalue weighted by Crippen LogP contribution is -2.44. The highest BCUT2D eigenvalue weighted by molar-refractivity contribution is 9.10. The molecule has 0 saturated carbocycles. The number of nitrogens with one attached hydrogen (secondary N) is 2. The molecule has 2 N–H and O–H groups in total. The van der Waals surface area contributed by atoms with Gasteiger partial charge in [-0.05, 0) is 32.9 Å². The van der Waals surface area contributed by atoms with E-state index in [9.17, 15) is 9.18 Å². The lowest BCUT2D eigenvalue weighted by Gasteiger charge is -2.16. The van der Waals surface area contributed by atoms with Crippen molar-refractivity contribution in [1.82, 2.24) is 10.6 Å². The molecular formula is C13H18BrFN2O. The lowest BCUT2D eigenvalue weighted by molar-refractivity contribution is -0.123. The number of carbonyl (C=O) groups is 1. The Balaban J connectivity index is 2.52. The molecule has 1 atom stereocenters. The SMILES string of the molecule is CC(C)NC(=O)C(C)NCc1ccc(Br)cc1F. The number of hydrogen-bond donors (Lipinski definition) is 2. The van der Waals surface area contributed by atoms with Crippen molar-refractivity contribution in [2.75, 3.05) is 0 Å². The van der Waals surface area contributed by atoms with Crippen LogP contribution >= 0.6 is 15.9 Å². The first-order valence-corrected chi connectivity index (χ1v) is 6.67. The molecule has 0 heterocycles. The third-order valence-electron chi connectivity index (χ3n) is 2.44. The van der Waals surface area contributed by atoms with Crippen LogP contribution in [0.3, 0.4) is 0 Å². The Morgan fingerprint density at radius 2 is 2.06 bits per heavy atom. The van der Waals surface area contributed by atoms with Crippen molar-refractivity contribution in [2.24, 2.45) is 0 Å². The first kappa shape index (κ1) is 15.1. The summed E-state index contributed by atoms with van der Waals surface area (Å²) in [5.41, 5.74) is 0.544. The summed E-state index contributed by atoms with van der Waals surface area (Å²) in [6.45, 7) is 5.89. The Morgan fingerprint density at radius 3 is 2.61 bits per heavy atom. The van der Waals surface area contributed by atoms with E-state index in [0.29, 0.717) is 16.6 Å². The Labute approximate surface area is 115 Å². The van der Waals surface area contributed by atoms with Gasteiger partial charge in [0.1, 0.15) is 5.82 Å². The van der Waals surface area contributed by atoms with Crippen LogP contribution in [0.2, 0.25) is 0 Å². The van der Waals surface area contributed by atoms with Gasteiger partial charge in [0, 0.05) is 22.6 Å². The van der Waals surface area contributed by atoms with Gasteiger partial charge in [0.2, 0.25) is 5.91 Å². The van der Waals surface area contributed by atoms with Gasteiger partial charge in [-0.2, -0.15) is 0 Å². The fourth-order valence-electron chi connectivity index (χ4n) is 1.43. The highest BCUT2D eigenvalue weighted by atomic mass is 79.9. The van der Waals surface area contributed by atoms with Gasteiger partial charge in [-0.15, -0.1) is 0 Å². The van der Waals surface area contributed by atoms with E-state index < -0.39 is 0 Å². The molecule has 0 aliphatic rings. The first-order chi connectivity index (χ1) is 8.40. The largest absolute Gasteiger partial charge is 0.353 e. The van der Waals surface area contributed by atoms with Crippen LogP contribution in [0, 0.1) is 5.82 Å². The molecule has 0 saturated heterocycles. The normalized spacial score (nSPS) is 12.6. The fraction of sp³-hybridized carbons (Fsp3) is 0.462. The summed E-state index contributed by atoms with van der Waals surface area (Å²) >= 11 is 3.20. The molecule has 1 aromatic carbocycles. The van der Waals surface area contributed by atoms with Gasteiger partial charge in [-0.1, -0.05) is 22.0 Å². The van der Waals surface area contributed by atoms with Crippen LogP contribution < -0.4 is 10.6 Å². The molecule has 0 spiro atoms. The Morgan fingerprint density at radius 1 is 1.39 bits per heavy atom. The Bertz CT molecular complexity index is 423. The predicted molar refractivity (Wildman–Crippen MR) is 73.7 cm³/mol. The van der Waals surface area contributed by atoms with Crippen LogP contribution in [0.1, 0.15) is 26.3 Å². The number of benzene rings is 1. The van der Waals surface area contributed by atoms with Crippen LogP contribution in [-0.2, 0) is 11.3 Å². The molecule has 1 aromatic rings. The second kappa shape index (κ2) is 6.85. The minimum absolute atomic E-state index is 0.0810. The molecular weight excluding hydrogens is 299 g/mol. The summed E-state index contributed by atoms with van der Waals surface area (Å²) in [5, 5.41) is 5.80. The minimum atomic E-state index is -0.351. The third-order valence-corrected chi connectivity index (χ3v) is 2.93. The monoisotopic (exact) mass is 316 g/mol.